The van der Waals surface area contributed by atoms with Gasteiger partial charge in [-0.15, -0.1) is 0 Å². The minimum absolute atomic E-state index is 0.219. The number of amides is 4. The maximum absolute atomic E-state index is 12.7. The van der Waals surface area contributed by atoms with Crippen molar-refractivity contribution in [3.63, 3.8) is 0 Å². The van der Waals surface area contributed by atoms with Crippen LogP contribution in [0.2, 0.25) is 0 Å². The second-order valence-electron chi connectivity index (χ2n) is 15.4. The van der Waals surface area contributed by atoms with E-state index in [1.165, 1.54) is 13.8 Å². The van der Waals surface area contributed by atoms with Gasteiger partial charge in [0.2, 0.25) is 23.3 Å². The molecule has 18 N–H and O–H groups in total. The van der Waals surface area contributed by atoms with E-state index >= 15 is 0 Å². The molecular weight excluding hydrogens is 864 g/mol. The zero-order chi connectivity index (χ0) is 48.6. The zero-order valence-electron chi connectivity index (χ0n) is 36.5. The van der Waals surface area contributed by atoms with Gasteiger partial charge in [0.25, 0.3) is 0 Å². The van der Waals surface area contributed by atoms with Crippen molar-refractivity contribution in [1.82, 2.24) is 21.3 Å². The molecule has 0 saturated heterocycles. The van der Waals surface area contributed by atoms with E-state index in [1.54, 1.807) is 0 Å². The Bertz CT molecular complexity index is 1590. The Kier molecular flexibility index (Phi) is 24.2. The molecule has 26 heteroatoms. The first-order chi connectivity index (χ1) is 30.8. The molecule has 0 spiro atoms. The standard InChI is InChI=1S/C39H66N10O16/c1-20(52)46-28-22(48-36(40)41)16-26(34(56)57)62-32(28)30(24(54)18-50)64-38(60)44-14-12-10-8-6-4-3-5-7-9-11-13-15-45-39(61)65-31(25(55)19-51)33-29(47-21(2)53)23(49-37(42)43)17-27(63-33)35(58)59/h16-17,22-25,28-33,50-51,54-55H,3-15,18-19H2,1-2H3,(H,44,60)(H,45,61)(H,46,52)(H,47,53)(H,56,57)(H,58,59)(H4,40,41,48)(H4,42,43,49)/t22-,23-,24+,25?,28+,29+,30+,31+,32+,33+/m0/s1. The van der Waals surface area contributed by atoms with E-state index in [0.29, 0.717) is 12.8 Å². The second-order valence-corrected chi connectivity index (χ2v) is 15.4. The number of alkyl carbamates (subject to hydrolysis) is 2. The average Bonchev–Trinajstić information content (AvgIpc) is 3.23. The van der Waals surface area contributed by atoms with Crippen molar-refractivity contribution >= 4 is 47.9 Å². The van der Waals surface area contributed by atoms with Crippen LogP contribution < -0.4 is 44.2 Å². The lowest BCUT2D eigenvalue weighted by molar-refractivity contribution is -0.147. The molecule has 10 atom stereocenters. The highest BCUT2D eigenvalue weighted by molar-refractivity contribution is 5.86. The van der Waals surface area contributed by atoms with Crippen molar-refractivity contribution in [1.29, 1.82) is 0 Å². The lowest BCUT2D eigenvalue weighted by Crippen LogP contribution is -2.61. The van der Waals surface area contributed by atoms with Gasteiger partial charge in [0.05, 0.1) is 37.4 Å². The van der Waals surface area contributed by atoms with E-state index in [4.69, 9.17) is 41.9 Å². The Hall–Kier alpha value is -6.12. The molecule has 26 nitrogen and oxygen atoms in total. The van der Waals surface area contributed by atoms with Crippen molar-refractivity contribution in [2.75, 3.05) is 26.3 Å². The number of aliphatic carboxylic acids is 2. The quantitative estimate of drug-likeness (QED) is 0.0214. The minimum atomic E-state index is -1.74. The third-order valence-electron chi connectivity index (χ3n) is 10.0. The van der Waals surface area contributed by atoms with Gasteiger partial charge in [-0.2, -0.15) is 0 Å². The normalized spacial score (nSPS) is 22.0. The van der Waals surface area contributed by atoms with Crippen molar-refractivity contribution in [2.45, 2.75) is 145 Å². The molecule has 1 unspecified atom stereocenters. The molecule has 2 aliphatic heterocycles. The Morgan fingerprint density at radius 3 is 1.17 bits per heavy atom. The number of ether oxygens (including phenoxy) is 4. The monoisotopic (exact) mass is 930 g/mol. The molecule has 0 aromatic carbocycles. The predicted molar refractivity (Wildman–Crippen MR) is 229 cm³/mol. The largest absolute Gasteiger partial charge is 0.477 e. The SMILES string of the molecule is CC(=O)N[C@H]1[C@H]([C@H](OC(=O)NCCCCCCCCCCCCCNC(=O)O[C@H](C(O)CO)[C@@H]2OC(C(=O)O)=C[C@H](N=C(N)N)[C@H]2NC(C)=O)[C@H](O)CO)OC(C(=O)O)=C[C@@H]1N=C(N)N. The first-order valence-electron chi connectivity index (χ1n) is 21.2. The van der Waals surface area contributed by atoms with Gasteiger partial charge in [-0.3, -0.25) is 9.59 Å². The predicted octanol–water partition coefficient (Wildman–Crippen LogP) is -2.80. The number of nitrogens with one attached hydrogen (secondary N) is 4. The fourth-order valence-corrected chi connectivity index (χ4v) is 7.08. The Morgan fingerprint density at radius 1 is 0.600 bits per heavy atom. The van der Waals surface area contributed by atoms with E-state index in [-0.39, 0.29) is 13.1 Å². The Labute approximate surface area is 375 Å². The van der Waals surface area contributed by atoms with Gasteiger partial charge >= 0.3 is 24.1 Å². The van der Waals surface area contributed by atoms with Crippen LogP contribution in [0.3, 0.4) is 0 Å². The van der Waals surface area contributed by atoms with Gasteiger partial charge in [0.15, 0.2) is 36.3 Å². The molecule has 2 heterocycles. The maximum atomic E-state index is 12.7. The highest BCUT2D eigenvalue weighted by Crippen LogP contribution is 2.28. The topological polar surface area (TPSA) is 438 Å². The van der Waals surface area contributed by atoms with Crippen LogP contribution in [-0.2, 0) is 38.1 Å². The van der Waals surface area contributed by atoms with Crippen LogP contribution in [0.25, 0.3) is 0 Å². The maximum Gasteiger partial charge on any atom is 0.407 e. The Balaban J connectivity index is 1.71. The van der Waals surface area contributed by atoms with Gasteiger partial charge in [-0.05, 0) is 25.0 Å². The van der Waals surface area contributed by atoms with E-state index in [0.717, 1.165) is 69.9 Å². The summed E-state index contributed by atoms with van der Waals surface area (Å²) in [6.45, 7) is 0.991. The van der Waals surface area contributed by atoms with E-state index < -0.39 is 133 Å². The number of aliphatic hydroxyl groups excluding tert-OH is 4. The summed E-state index contributed by atoms with van der Waals surface area (Å²) in [7, 11) is 0. The van der Waals surface area contributed by atoms with Gasteiger partial charge < -0.3 is 93.8 Å². The number of carbonyl (C=O) groups is 6. The van der Waals surface area contributed by atoms with E-state index in [2.05, 4.69) is 31.3 Å². The summed E-state index contributed by atoms with van der Waals surface area (Å²) in [4.78, 5) is 81.0. The third kappa shape index (κ3) is 19.7. The fraction of sp³-hybridized carbons (Fsp3) is 0.692. The molecule has 0 aromatic heterocycles. The van der Waals surface area contributed by atoms with Crippen LogP contribution in [0.15, 0.2) is 33.7 Å². The summed E-state index contributed by atoms with van der Waals surface area (Å²) in [6.07, 6.45) is -0.0956. The molecule has 4 amide bonds. The molecule has 368 valence electrons. The van der Waals surface area contributed by atoms with Crippen molar-refractivity contribution < 1.29 is 78.4 Å². The van der Waals surface area contributed by atoms with Crippen LogP contribution in [0.5, 0.6) is 0 Å². The number of hydrogen-bond acceptors (Lipinski definition) is 16. The second kappa shape index (κ2) is 28.6. The summed E-state index contributed by atoms with van der Waals surface area (Å²) in [5, 5.41) is 69.9. The smallest absolute Gasteiger partial charge is 0.407 e. The van der Waals surface area contributed by atoms with Gasteiger partial charge in [-0.1, -0.05) is 57.8 Å². The number of unbranched alkanes of at least 4 members (excludes halogenated alkanes) is 10. The van der Waals surface area contributed by atoms with Crippen LogP contribution in [0.4, 0.5) is 9.59 Å². The molecule has 0 saturated carbocycles. The molecule has 0 aromatic rings. The van der Waals surface area contributed by atoms with E-state index in [9.17, 15) is 59.4 Å². The summed E-state index contributed by atoms with van der Waals surface area (Å²) in [5.74, 6) is -6.31. The van der Waals surface area contributed by atoms with Crippen molar-refractivity contribution in [3.8, 4) is 0 Å². The van der Waals surface area contributed by atoms with Crippen molar-refractivity contribution in [3.05, 3.63) is 23.7 Å². The van der Waals surface area contributed by atoms with Crippen LogP contribution in [0, 0.1) is 0 Å². The van der Waals surface area contributed by atoms with Crippen LogP contribution in [0.1, 0.15) is 84.5 Å². The van der Waals surface area contributed by atoms with Gasteiger partial charge in [0, 0.05) is 26.9 Å². The van der Waals surface area contributed by atoms with Gasteiger partial charge in [-0.25, -0.2) is 29.2 Å². The Morgan fingerprint density at radius 2 is 0.908 bits per heavy atom. The lowest BCUT2D eigenvalue weighted by atomic mass is 9.92. The minimum Gasteiger partial charge on any atom is -0.477 e. The number of carbonyl (C=O) groups excluding carboxylic acids is 4. The summed E-state index contributed by atoms with van der Waals surface area (Å²) in [5.41, 5.74) is 22.0. The van der Waals surface area contributed by atoms with Crippen LogP contribution >= 0.6 is 0 Å². The summed E-state index contributed by atoms with van der Waals surface area (Å²) < 4.78 is 21.8. The number of hydrogen-bond donors (Lipinski definition) is 14. The summed E-state index contributed by atoms with van der Waals surface area (Å²) in [6, 6.07) is -4.75. The number of rotatable bonds is 28. The molecule has 0 aliphatic carbocycles. The molecular formula is C39H66N10O16. The number of nitrogens with two attached hydrogens (primary N) is 4. The highest BCUT2D eigenvalue weighted by atomic mass is 16.6. The molecule has 0 bridgehead atoms. The fourth-order valence-electron chi connectivity index (χ4n) is 7.08. The molecule has 2 rings (SSSR count). The third-order valence-corrected chi connectivity index (χ3v) is 10.0. The van der Waals surface area contributed by atoms with Gasteiger partial charge in [0.1, 0.15) is 12.2 Å². The first kappa shape index (κ1) is 55.0. The molecule has 0 fully saturated rings. The number of nitrogens with zero attached hydrogens (tertiary/aromatic N) is 2. The molecule has 65 heavy (non-hydrogen) atoms. The van der Waals surface area contributed by atoms with E-state index in [1.807, 2.05) is 0 Å². The summed E-state index contributed by atoms with van der Waals surface area (Å²) >= 11 is 0. The number of aliphatic hydroxyl groups is 4. The molecule has 2 aliphatic rings. The number of guanidine groups is 2. The number of aliphatic imine (C=N–C) groups is 2. The van der Waals surface area contributed by atoms with Crippen molar-refractivity contribution in [2.24, 2.45) is 32.9 Å². The lowest BCUT2D eigenvalue weighted by Gasteiger charge is -2.39. The number of carboxylic acid groups (broad SMARTS) is 2. The zero-order valence-corrected chi connectivity index (χ0v) is 36.5. The number of carboxylic acids is 2. The van der Waals surface area contributed by atoms with Crippen LogP contribution in [-0.4, -0.2) is 166 Å². The first-order valence-corrected chi connectivity index (χ1v) is 21.2. The molecule has 0 radical (unpaired) electrons. The highest BCUT2D eigenvalue weighted by Gasteiger charge is 2.48. The average molecular weight is 931 g/mol.